The molecule has 0 amide bonds. The molecule has 0 heterocycles. The van der Waals surface area contributed by atoms with Crippen molar-refractivity contribution in [3.63, 3.8) is 0 Å². The predicted molar refractivity (Wildman–Crippen MR) is 59.0 cm³/mol. The summed E-state index contributed by atoms with van der Waals surface area (Å²) in [6.07, 6.45) is 0.879. The third-order valence-corrected chi connectivity index (χ3v) is 3.13. The summed E-state index contributed by atoms with van der Waals surface area (Å²) in [5, 5.41) is 9.80. The molecule has 6 heteroatoms. The minimum absolute atomic E-state index is 0.433. The number of aliphatic hydroxyl groups excluding tert-OH is 1. The zero-order valence-corrected chi connectivity index (χ0v) is 10.5. The van der Waals surface area contributed by atoms with Gasteiger partial charge in [-0.2, -0.15) is 0 Å². The zero-order chi connectivity index (χ0) is 12.3. The van der Waals surface area contributed by atoms with Crippen molar-refractivity contribution in [2.75, 3.05) is 0 Å². The Balaban J connectivity index is 2.70. The molecule has 1 aliphatic rings. The second kappa shape index (κ2) is 5.45. The van der Waals surface area contributed by atoms with Gasteiger partial charge in [-0.3, -0.25) is 9.59 Å². The van der Waals surface area contributed by atoms with Crippen LogP contribution in [0.2, 0.25) is 0 Å². The Bertz CT molecular complexity index is 284. The minimum Gasteiger partial charge on any atom is -0.457 e. The maximum atomic E-state index is 10.8. The molecule has 0 aromatic carbocycles. The van der Waals surface area contributed by atoms with Gasteiger partial charge in [0.1, 0.15) is 18.3 Å². The highest BCUT2D eigenvalue weighted by Crippen LogP contribution is 2.24. The van der Waals surface area contributed by atoms with Gasteiger partial charge in [0.2, 0.25) is 0 Å². The summed E-state index contributed by atoms with van der Waals surface area (Å²) in [5.74, 6) is -0.906. The number of halogens is 1. The van der Waals surface area contributed by atoms with Gasteiger partial charge in [0, 0.05) is 13.8 Å². The summed E-state index contributed by atoms with van der Waals surface area (Å²) in [5.41, 5.74) is 0. The van der Waals surface area contributed by atoms with Gasteiger partial charge in [0.15, 0.2) is 0 Å². The molecule has 4 atom stereocenters. The second-order valence-corrected chi connectivity index (χ2v) is 4.53. The predicted octanol–water partition coefficient (Wildman–Crippen LogP) is 0.544. The van der Waals surface area contributed by atoms with E-state index in [1.54, 1.807) is 6.08 Å². The van der Waals surface area contributed by atoms with E-state index < -0.39 is 35.1 Å². The Kier molecular flexibility index (Phi) is 4.49. The van der Waals surface area contributed by atoms with Gasteiger partial charge >= 0.3 is 11.9 Å². The number of aliphatic hydroxyl groups is 1. The van der Waals surface area contributed by atoms with E-state index in [2.05, 4.69) is 15.9 Å². The van der Waals surface area contributed by atoms with Crippen LogP contribution in [0.3, 0.4) is 0 Å². The van der Waals surface area contributed by atoms with Crippen LogP contribution in [0, 0.1) is 0 Å². The molecule has 0 fully saturated rings. The lowest BCUT2D eigenvalue weighted by atomic mass is 9.99. The molecule has 0 unspecified atom stereocenters. The van der Waals surface area contributed by atoms with Gasteiger partial charge in [-0.25, -0.2) is 0 Å². The fourth-order valence-electron chi connectivity index (χ4n) is 1.41. The molecule has 0 spiro atoms. The van der Waals surface area contributed by atoms with Crippen LogP contribution in [0.25, 0.3) is 0 Å². The molecule has 0 aromatic heterocycles. The van der Waals surface area contributed by atoms with E-state index in [0.717, 1.165) is 0 Å². The second-order valence-electron chi connectivity index (χ2n) is 3.47. The number of hydrogen-bond donors (Lipinski definition) is 1. The van der Waals surface area contributed by atoms with Crippen LogP contribution in [-0.2, 0) is 19.1 Å². The average molecular weight is 293 g/mol. The molecule has 1 rings (SSSR count). The largest absolute Gasteiger partial charge is 0.457 e. The third kappa shape index (κ3) is 3.31. The van der Waals surface area contributed by atoms with Gasteiger partial charge in [-0.15, -0.1) is 0 Å². The molecule has 1 N–H and O–H groups in total. The first kappa shape index (κ1) is 13.2. The van der Waals surface area contributed by atoms with Gasteiger partial charge in [0.25, 0.3) is 0 Å². The summed E-state index contributed by atoms with van der Waals surface area (Å²) >= 11 is 3.21. The van der Waals surface area contributed by atoms with Crippen LogP contribution in [0.1, 0.15) is 13.8 Å². The third-order valence-electron chi connectivity index (χ3n) is 2.07. The minimum atomic E-state index is -0.946. The topological polar surface area (TPSA) is 72.8 Å². The fourth-order valence-corrected chi connectivity index (χ4v) is 2.00. The first-order valence-corrected chi connectivity index (χ1v) is 5.68. The summed E-state index contributed by atoms with van der Waals surface area (Å²) in [6.45, 7) is 2.56. The molecule has 1 aliphatic carbocycles. The standard InChI is InChI=1S/C10H13BrO5/c1-5(12)15-7-3-4-8(16-6(2)13)10(14)9(7)11/h3-4,7-10,14H,1-2H3/t7-,8+,9+,10-/m0/s1. The van der Waals surface area contributed by atoms with Gasteiger partial charge in [-0.1, -0.05) is 15.9 Å². The van der Waals surface area contributed by atoms with Crippen LogP contribution in [-0.4, -0.2) is 40.2 Å². The van der Waals surface area contributed by atoms with E-state index >= 15 is 0 Å². The molecule has 90 valence electrons. The Hall–Kier alpha value is -0.880. The lowest BCUT2D eigenvalue weighted by Crippen LogP contribution is -2.45. The normalized spacial score (nSPS) is 33.2. The van der Waals surface area contributed by atoms with Crippen LogP contribution < -0.4 is 0 Å². The summed E-state index contributed by atoms with van der Waals surface area (Å²) < 4.78 is 9.83. The molecule has 16 heavy (non-hydrogen) atoms. The van der Waals surface area contributed by atoms with E-state index in [9.17, 15) is 14.7 Å². The monoisotopic (exact) mass is 292 g/mol. The zero-order valence-electron chi connectivity index (χ0n) is 8.92. The maximum Gasteiger partial charge on any atom is 0.303 e. The van der Waals surface area contributed by atoms with Gasteiger partial charge < -0.3 is 14.6 Å². The van der Waals surface area contributed by atoms with Crippen LogP contribution in [0.5, 0.6) is 0 Å². The molecule has 0 aromatic rings. The van der Waals surface area contributed by atoms with E-state index in [1.807, 2.05) is 0 Å². The highest BCUT2D eigenvalue weighted by molar-refractivity contribution is 9.09. The van der Waals surface area contributed by atoms with Gasteiger partial charge in [-0.05, 0) is 12.2 Å². The molecule has 0 saturated carbocycles. The molecule has 0 radical (unpaired) electrons. The Labute approximate surface area is 102 Å². The first-order chi connectivity index (χ1) is 7.41. The van der Waals surface area contributed by atoms with Crippen LogP contribution >= 0.6 is 15.9 Å². The van der Waals surface area contributed by atoms with E-state index in [4.69, 9.17) is 9.47 Å². The molecule has 0 saturated heterocycles. The van der Waals surface area contributed by atoms with E-state index in [1.165, 1.54) is 19.9 Å². The number of rotatable bonds is 2. The molecular formula is C10H13BrO5. The molecule has 0 aliphatic heterocycles. The van der Waals surface area contributed by atoms with Crippen molar-refractivity contribution in [3.05, 3.63) is 12.2 Å². The Morgan fingerprint density at radius 3 is 2.06 bits per heavy atom. The lowest BCUT2D eigenvalue weighted by Gasteiger charge is -2.31. The molecule has 0 bridgehead atoms. The highest BCUT2D eigenvalue weighted by Gasteiger charge is 2.36. The summed E-state index contributed by atoms with van der Waals surface area (Å²) in [7, 11) is 0. The van der Waals surface area contributed by atoms with Crippen molar-refractivity contribution in [1.82, 2.24) is 0 Å². The van der Waals surface area contributed by atoms with Gasteiger partial charge in [0.05, 0.1) is 4.83 Å². The number of ether oxygens (including phenoxy) is 2. The quantitative estimate of drug-likeness (QED) is 0.457. The number of alkyl halides is 1. The fraction of sp³-hybridized carbons (Fsp3) is 0.600. The number of carbonyl (C=O) groups is 2. The van der Waals surface area contributed by atoms with Crippen LogP contribution in [0.15, 0.2) is 12.2 Å². The van der Waals surface area contributed by atoms with Crippen molar-refractivity contribution in [2.24, 2.45) is 0 Å². The average Bonchev–Trinajstić information content (AvgIpc) is 2.16. The molecule has 5 nitrogen and oxygen atoms in total. The number of esters is 2. The highest BCUT2D eigenvalue weighted by atomic mass is 79.9. The number of hydrogen-bond acceptors (Lipinski definition) is 5. The molecular weight excluding hydrogens is 280 g/mol. The Morgan fingerprint density at radius 1 is 1.12 bits per heavy atom. The smallest absolute Gasteiger partial charge is 0.303 e. The van der Waals surface area contributed by atoms with Crippen molar-refractivity contribution in [1.29, 1.82) is 0 Å². The van der Waals surface area contributed by atoms with E-state index in [0.29, 0.717) is 0 Å². The maximum absolute atomic E-state index is 10.8. The van der Waals surface area contributed by atoms with Crippen LogP contribution in [0.4, 0.5) is 0 Å². The summed E-state index contributed by atoms with van der Waals surface area (Å²) in [4.78, 5) is 21.0. The Morgan fingerprint density at radius 2 is 1.56 bits per heavy atom. The SMILES string of the molecule is CC(=O)O[C@H]1C=C[C@@H](OC(C)=O)[C@H](O)[C@@H]1Br. The van der Waals surface area contributed by atoms with Crippen molar-refractivity contribution in [2.45, 2.75) is 37.0 Å². The van der Waals surface area contributed by atoms with Crippen molar-refractivity contribution >= 4 is 27.9 Å². The first-order valence-electron chi connectivity index (χ1n) is 4.76. The van der Waals surface area contributed by atoms with Crippen molar-refractivity contribution < 1.29 is 24.2 Å². The number of carbonyl (C=O) groups excluding carboxylic acids is 2. The van der Waals surface area contributed by atoms with E-state index in [-0.39, 0.29) is 0 Å². The summed E-state index contributed by atoms with van der Waals surface area (Å²) in [6, 6.07) is 0. The van der Waals surface area contributed by atoms with Crippen molar-refractivity contribution in [3.8, 4) is 0 Å². The lowest BCUT2D eigenvalue weighted by molar-refractivity contribution is -0.153.